The third-order valence-electron chi connectivity index (χ3n) is 10.2. The highest BCUT2D eigenvalue weighted by Crippen LogP contribution is 2.42. The minimum atomic E-state index is -0.973. The van der Waals surface area contributed by atoms with Crippen molar-refractivity contribution in [2.45, 2.75) is 59.9 Å². The van der Waals surface area contributed by atoms with Crippen LogP contribution < -0.4 is 26.6 Å². The van der Waals surface area contributed by atoms with Gasteiger partial charge in [-0.1, -0.05) is 26.5 Å². The van der Waals surface area contributed by atoms with Gasteiger partial charge in [-0.3, -0.25) is 9.59 Å². The molecule has 0 aromatic carbocycles. The molecule has 9 heteroatoms. The maximum absolute atomic E-state index is 13.3. The van der Waals surface area contributed by atoms with Crippen LogP contribution in [-0.2, 0) is 25.5 Å². The van der Waals surface area contributed by atoms with E-state index in [1.54, 1.807) is 0 Å². The van der Waals surface area contributed by atoms with Gasteiger partial charge in [0.1, 0.15) is 11.7 Å². The van der Waals surface area contributed by atoms with E-state index in [1.807, 2.05) is 13.0 Å². The average molecular weight is 611 g/mol. The number of hydrogen-bond donors (Lipinski definition) is 5. The van der Waals surface area contributed by atoms with Crippen LogP contribution in [0.1, 0.15) is 71.6 Å². The number of hydrogen-bond acceptors (Lipinski definition) is 6. The molecule has 4 atom stereocenters. The van der Waals surface area contributed by atoms with Gasteiger partial charge >= 0.3 is 11.9 Å². The number of rotatable bonds is 6. The smallest absolute Gasteiger partial charge is 0.320 e. The summed E-state index contributed by atoms with van der Waals surface area (Å²) in [5.41, 5.74) is 9.77. The second-order valence-corrected chi connectivity index (χ2v) is 12.4. The monoisotopic (exact) mass is 610 g/mol. The van der Waals surface area contributed by atoms with Gasteiger partial charge in [0.2, 0.25) is 0 Å². The van der Waals surface area contributed by atoms with E-state index in [4.69, 9.17) is 9.47 Å². The number of aliphatic hydroxyl groups excluding tert-OH is 1. The van der Waals surface area contributed by atoms with Crippen molar-refractivity contribution in [1.29, 1.82) is 0 Å². The van der Waals surface area contributed by atoms with Crippen molar-refractivity contribution >= 4 is 47.6 Å². The summed E-state index contributed by atoms with van der Waals surface area (Å²) < 4.78 is 10.2. The molecule has 5 N–H and O–H groups in total. The van der Waals surface area contributed by atoms with Crippen LogP contribution in [0.2, 0.25) is 0 Å². The third kappa shape index (κ3) is 4.67. The van der Waals surface area contributed by atoms with Gasteiger partial charge < -0.3 is 34.8 Å². The van der Waals surface area contributed by atoms with Gasteiger partial charge in [-0.2, -0.15) is 0 Å². The highest BCUT2D eigenvalue weighted by atomic mass is 16.5. The Bertz CT molecular complexity index is 2040. The molecule has 0 amide bonds. The number of carbonyl (C=O) groups excluding carboxylic acids is 2. The molecule has 9 nitrogen and oxygen atoms in total. The standard InChI is InChI=1S/C36H42N4O5/c1-9-20-16(3)23-13-25-18(5)22(11-12-29(41)44-7)33(39-25)31-32(36(43)45-8)35(42)30-19(6)26(40-34(30)31)15-28-21(10-2)17(4)24(38-28)14-27(20)37-23/h9,13-15,18,22,32-33,37-40,42H,1,10-12H2,2-8H3/b24-14-,25-13+,28-15-/t18-,22-,32+,33?/m0/s1. The van der Waals surface area contributed by atoms with Gasteiger partial charge in [0.25, 0.3) is 0 Å². The Morgan fingerprint density at radius 1 is 0.956 bits per heavy atom. The lowest BCUT2D eigenvalue weighted by Crippen LogP contribution is -2.38. The summed E-state index contributed by atoms with van der Waals surface area (Å²) in [6.45, 7) is 14.6. The number of allylic oxidation sites excluding steroid dienone is 1. The van der Waals surface area contributed by atoms with Gasteiger partial charge in [-0.15, -0.1) is 0 Å². The largest absolute Gasteiger partial charge is 0.510 e. The lowest BCUT2D eigenvalue weighted by molar-refractivity contribution is -0.142. The molecule has 1 saturated heterocycles. The van der Waals surface area contributed by atoms with Crippen LogP contribution in [0, 0.1) is 38.5 Å². The Balaban J connectivity index is 1.71. The predicted molar refractivity (Wildman–Crippen MR) is 175 cm³/mol. The van der Waals surface area contributed by atoms with Crippen molar-refractivity contribution in [3.05, 3.63) is 78.4 Å². The number of aromatic amines is 3. The molecule has 6 rings (SSSR count). The zero-order valence-corrected chi connectivity index (χ0v) is 27.0. The number of H-pyrrole nitrogens is 3. The van der Waals surface area contributed by atoms with Crippen LogP contribution in [-0.4, -0.2) is 52.3 Å². The van der Waals surface area contributed by atoms with Crippen molar-refractivity contribution < 1.29 is 24.2 Å². The Morgan fingerprint density at radius 3 is 2.33 bits per heavy atom. The fourth-order valence-electron chi connectivity index (χ4n) is 7.66. The van der Waals surface area contributed by atoms with Crippen molar-refractivity contribution in [1.82, 2.24) is 20.3 Å². The second kappa shape index (κ2) is 11.4. The minimum Gasteiger partial charge on any atom is -0.510 e. The maximum atomic E-state index is 13.3. The maximum Gasteiger partial charge on any atom is 0.320 e. The zero-order valence-electron chi connectivity index (χ0n) is 27.0. The molecule has 1 aliphatic carbocycles. The number of nitrogens with one attached hydrogen (secondary N) is 4. The van der Waals surface area contributed by atoms with E-state index >= 15 is 0 Å². The highest BCUT2D eigenvalue weighted by molar-refractivity contribution is 5.95. The first-order valence-corrected chi connectivity index (χ1v) is 15.6. The molecule has 3 aromatic heterocycles. The van der Waals surface area contributed by atoms with E-state index in [-0.39, 0.29) is 36.0 Å². The lowest BCUT2D eigenvalue weighted by Gasteiger charge is -2.26. The van der Waals surface area contributed by atoms with Gasteiger partial charge in [0, 0.05) is 56.6 Å². The number of esters is 2. The van der Waals surface area contributed by atoms with E-state index in [0.717, 1.165) is 62.2 Å². The Morgan fingerprint density at radius 2 is 1.67 bits per heavy atom. The topological polar surface area (TPSA) is 132 Å². The van der Waals surface area contributed by atoms with Gasteiger partial charge in [-0.05, 0) is 85.6 Å². The van der Waals surface area contributed by atoms with Gasteiger partial charge in [0.15, 0.2) is 0 Å². The fourth-order valence-corrected chi connectivity index (χ4v) is 7.66. The van der Waals surface area contributed by atoms with Crippen LogP contribution in [0.4, 0.5) is 0 Å². The number of fused-ring (bicyclic) bond motifs is 8. The Hall–Kier alpha value is -4.66. The summed E-state index contributed by atoms with van der Waals surface area (Å²) in [6, 6.07) is -0.368. The molecule has 5 heterocycles. The van der Waals surface area contributed by atoms with Crippen molar-refractivity contribution in [3.8, 4) is 0 Å². The minimum absolute atomic E-state index is 0.00312. The number of carbonyl (C=O) groups is 2. The number of ether oxygens (including phenoxy) is 2. The Kier molecular flexibility index (Phi) is 7.67. The molecular weight excluding hydrogens is 568 g/mol. The molecule has 236 valence electrons. The van der Waals surface area contributed by atoms with Crippen LogP contribution >= 0.6 is 0 Å². The van der Waals surface area contributed by atoms with Crippen LogP contribution in [0.3, 0.4) is 0 Å². The first-order valence-electron chi connectivity index (χ1n) is 15.6. The Labute approximate surface area is 262 Å². The predicted octanol–water partition coefficient (Wildman–Crippen LogP) is 2.61. The van der Waals surface area contributed by atoms with Crippen molar-refractivity contribution in [2.75, 3.05) is 14.2 Å². The molecule has 2 aliphatic heterocycles. The molecule has 3 aliphatic rings. The molecule has 3 aromatic rings. The van der Waals surface area contributed by atoms with E-state index < -0.39 is 11.9 Å². The van der Waals surface area contributed by atoms with Crippen molar-refractivity contribution in [3.63, 3.8) is 0 Å². The SMILES string of the molecule is C=Cc1c2[nH]c(c1C)/C=C1/NC(C3=c4[nH]c(c(C)c4=C(O)[C@@H]3C(=O)OC)/C=c3\[nH]/c(c(C)c3CC)=C\2)[C@@H](CCC(=O)OC)[C@@H]1C. The molecule has 1 fully saturated rings. The lowest BCUT2D eigenvalue weighted by atomic mass is 9.80. The first-order chi connectivity index (χ1) is 21.5. The van der Waals surface area contributed by atoms with E-state index in [2.05, 4.69) is 72.8 Å². The molecule has 0 saturated carbocycles. The summed E-state index contributed by atoms with van der Waals surface area (Å²) in [4.78, 5) is 36.6. The van der Waals surface area contributed by atoms with Gasteiger partial charge in [0.05, 0.1) is 25.6 Å². The molecule has 1 unspecified atom stereocenters. The summed E-state index contributed by atoms with van der Waals surface area (Å²) in [6.07, 6.45) is 9.83. The van der Waals surface area contributed by atoms with E-state index in [1.165, 1.54) is 25.3 Å². The molecule has 0 radical (unpaired) electrons. The van der Waals surface area contributed by atoms with Crippen LogP contribution in [0.25, 0.3) is 35.6 Å². The zero-order chi connectivity index (χ0) is 32.3. The first kappa shape index (κ1) is 30.4. The highest BCUT2D eigenvalue weighted by Gasteiger charge is 2.46. The van der Waals surface area contributed by atoms with Crippen molar-refractivity contribution in [2.24, 2.45) is 17.8 Å². The number of aromatic nitrogens is 3. The summed E-state index contributed by atoms with van der Waals surface area (Å²) in [5.74, 6) is -1.89. The summed E-state index contributed by atoms with van der Waals surface area (Å²) in [5, 5.41) is 18.8. The van der Waals surface area contributed by atoms with Crippen LogP contribution in [0.5, 0.6) is 0 Å². The van der Waals surface area contributed by atoms with E-state index in [0.29, 0.717) is 17.0 Å². The average Bonchev–Trinajstić information content (AvgIpc) is 3.76. The normalized spacial score (nSPS) is 24.2. The fraction of sp³-hybridized carbons (Fsp3) is 0.389. The van der Waals surface area contributed by atoms with E-state index in [9.17, 15) is 14.7 Å². The molecule has 0 spiro atoms. The number of methoxy groups -OCH3 is 2. The summed E-state index contributed by atoms with van der Waals surface area (Å²) >= 11 is 0. The molecular formula is C36H42N4O5. The second-order valence-electron chi connectivity index (χ2n) is 12.4. The molecule has 45 heavy (non-hydrogen) atoms. The number of aliphatic hydroxyl groups is 1. The van der Waals surface area contributed by atoms with Crippen LogP contribution in [0.15, 0.2) is 12.3 Å². The van der Waals surface area contributed by atoms with Gasteiger partial charge in [-0.25, -0.2) is 0 Å². The quantitative estimate of drug-likeness (QED) is 0.273. The molecule has 8 bridgehead atoms. The summed E-state index contributed by atoms with van der Waals surface area (Å²) in [7, 11) is 2.73. The third-order valence-corrected chi connectivity index (χ3v) is 10.2.